The molecule has 2 nitrogen and oxygen atoms in total. The van der Waals surface area contributed by atoms with Gasteiger partial charge in [-0.2, -0.15) is 0 Å². The zero-order chi connectivity index (χ0) is 6.85. The van der Waals surface area contributed by atoms with Gasteiger partial charge >= 0.3 is 0 Å². The molecule has 1 rings (SSSR count). The second kappa shape index (κ2) is 2.69. The molecule has 3 heteroatoms. The Bertz CT molecular complexity index is 126. The van der Waals surface area contributed by atoms with Gasteiger partial charge in [-0.1, -0.05) is 15.9 Å². The largest absolute Gasteiger partial charge is 0.345 e. The molecule has 0 bridgehead atoms. The van der Waals surface area contributed by atoms with Gasteiger partial charge in [-0.15, -0.1) is 0 Å². The van der Waals surface area contributed by atoms with Crippen LogP contribution in [0.1, 0.15) is 6.42 Å². The number of likely N-dealkylation sites (tertiary alicyclic amines) is 1. The molecule has 0 aromatic rings. The van der Waals surface area contributed by atoms with Crippen LogP contribution < -0.4 is 0 Å². The predicted molar refractivity (Wildman–Crippen MR) is 39.5 cm³/mol. The zero-order valence-corrected chi connectivity index (χ0v) is 7.02. The lowest BCUT2D eigenvalue weighted by Crippen LogP contribution is -2.19. The van der Waals surface area contributed by atoms with Gasteiger partial charge in [0.2, 0.25) is 5.91 Å². The van der Waals surface area contributed by atoms with Crippen LogP contribution in [0.3, 0.4) is 0 Å². The number of carbonyl (C=O) groups is 1. The summed E-state index contributed by atoms with van der Waals surface area (Å²) >= 11 is 3.35. The number of nitrogens with zero attached hydrogens (tertiary/aromatic N) is 1. The van der Waals surface area contributed by atoms with Gasteiger partial charge in [0.05, 0.1) is 0 Å². The minimum atomic E-state index is 0.277. The first kappa shape index (κ1) is 7.06. The molecule has 0 radical (unpaired) electrons. The monoisotopic (exact) mass is 191 g/mol. The smallest absolute Gasteiger partial charge is 0.222 e. The summed E-state index contributed by atoms with van der Waals surface area (Å²) in [5, 5.41) is 0.948. The summed E-state index contributed by atoms with van der Waals surface area (Å²) in [4.78, 5) is 12.6. The third kappa shape index (κ3) is 1.45. The van der Waals surface area contributed by atoms with Crippen molar-refractivity contribution in [3.8, 4) is 0 Å². The summed E-state index contributed by atoms with van der Waals surface area (Å²) < 4.78 is 0. The second-order valence-corrected chi connectivity index (χ2v) is 3.15. The molecule has 0 aromatic heterocycles. The molecule has 1 amide bonds. The minimum absolute atomic E-state index is 0.277. The topological polar surface area (TPSA) is 20.3 Å². The number of halogens is 1. The minimum Gasteiger partial charge on any atom is -0.345 e. The maximum Gasteiger partial charge on any atom is 0.222 e. The summed E-state index contributed by atoms with van der Waals surface area (Å²) in [5.74, 6) is 0.821. The van der Waals surface area contributed by atoms with Crippen LogP contribution in [0.5, 0.6) is 0 Å². The lowest BCUT2D eigenvalue weighted by Gasteiger charge is -2.06. The zero-order valence-electron chi connectivity index (χ0n) is 5.43. The molecular formula is C6H10BrNO. The molecule has 1 atom stereocenters. The van der Waals surface area contributed by atoms with Crippen molar-refractivity contribution in [3.63, 3.8) is 0 Å². The summed E-state index contributed by atoms with van der Waals surface area (Å²) in [6, 6.07) is 0. The van der Waals surface area contributed by atoms with E-state index in [1.54, 1.807) is 4.90 Å². The van der Waals surface area contributed by atoms with Crippen LogP contribution in [0.4, 0.5) is 0 Å². The summed E-state index contributed by atoms with van der Waals surface area (Å²) in [5.41, 5.74) is 0. The molecular weight excluding hydrogens is 182 g/mol. The molecule has 1 saturated heterocycles. The fourth-order valence-corrected chi connectivity index (χ4v) is 1.49. The van der Waals surface area contributed by atoms with Crippen LogP contribution in [0.25, 0.3) is 0 Å². The second-order valence-electron chi connectivity index (χ2n) is 2.50. The van der Waals surface area contributed by atoms with Crippen LogP contribution in [0.15, 0.2) is 0 Å². The van der Waals surface area contributed by atoms with Crippen LogP contribution in [0, 0.1) is 5.92 Å². The van der Waals surface area contributed by atoms with Crippen molar-refractivity contribution in [2.24, 2.45) is 5.92 Å². The standard InChI is InChI=1S/C6H10BrNO/c1-8-4-5(3-7)2-6(8)9/h5H,2-4H2,1H3. The first-order valence-corrected chi connectivity index (χ1v) is 4.16. The summed E-state index contributed by atoms with van der Waals surface area (Å²) in [6.45, 7) is 0.921. The highest BCUT2D eigenvalue weighted by atomic mass is 79.9. The number of rotatable bonds is 1. The lowest BCUT2D eigenvalue weighted by molar-refractivity contribution is -0.126. The highest BCUT2D eigenvalue weighted by Gasteiger charge is 2.25. The molecule has 1 aliphatic heterocycles. The maximum absolute atomic E-state index is 10.8. The molecule has 0 aliphatic carbocycles. The number of alkyl halides is 1. The normalized spacial score (nSPS) is 27.6. The summed E-state index contributed by atoms with van der Waals surface area (Å²) in [7, 11) is 1.85. The Morgan fingerprint density at radius 3 is 2.78 bits per heavy atom. The van der Waals surface area contributed by atoms with E-state index in [9.17, 15) is 4.79 Å². The van der Waals surface area contributed by atoms with E-state index in [4.69, 9.17) is 0 Å². The Morgan fingerprint density at radius 2 is 2.56 bits per heavy atom. The molecule has 1 aliphatic rings. The molecule has 0 N–H and O–H groups in total. The predicted octanol–water partition coefficient (Wildman–Crippen LogP) is 0.860. The highest BCUT2D eigenvalue weighted by Crippen LogP contribution is 2.17. The summed E-state index contributed by atoms with van der Waals surface area (Å²) in [6.07, 6.45) is 0.724. The fourth-order valence-electron chi connectivity index (χ4n) is 1.06. The van der Waals surface area contributed by atoms with E-state index < -0.39 is 0 Å². The Morgan fingerprint density at radius 1 is 1.89 bits per heavy atom. The third-order valence-electron chi connectivity index (χ3n) is 1.64. The van der Waals surface area contributed by atoms with E-state index in [2.05, 4.69) is 15.9 Å². The number of hydrogen-bond donors (Lipinski definition) is 0. The Labute approximate surface area is 63.3 Å². The molecule has 0 saturated carbocycles. The lowest BCUT2D eigenvalue weighted by atomic mass is 10.2. The molecule has 0 spiro atoms. The maximum atomic E-state index is 10.8. The van der Waals surface area contributed by atoms with Gasteiger partial charge < -0.3 is 4.90 Å². The van der Waals surface area contributed by atoms with Gasteiger partial charge in [-0.3, -0.25) is 4.79 Å². The van der Waals surface area contributed by atoms with E-state index in [1.807, 2.05) is 7.05 Å². The first-order chi connectivity index (χ1) is 4.24. The SMILES string of the molecule is CN1CC(CBr)CC1=O. The Hall–Kier alpha value is -0.0500. The van der Waals surface area contributed by atoms with Gasteiger partial charge in [0.1, 0.15) is 0 Å². The molecule has 52 valence electrons. The Kier molecular flexibility index (Phi) is 2.11. The first-order valence-electron chi connectivity index (χ1n) is 3.04. The highest BCUT2D eigenvalue weighted by molar-refractivity contribution is 9.09. The van der Waals surface area contributed by atoms with E-state index in [0.29, 0.717) is 5.92 Å². The average molecular weight is 192 g/mol. The van der Waals surface area contributed by atoms with E-state index in [0.717, 1.165) is 18.3 Å². The molecule has 1 unspecified atom stereocenters. The number of carbonyl (C=O) groups excluding carboxylic acids is 1. The van der Waals surface area contributed by atoms with Crippen molar-refractivity contribution in [3.05, 3.63) is 0 Å². The molecule has 0 aromatic carbocycles. The van der Waals surface area contributed by atoms with Gasteiger partial charge in [0, 0.05) is 25.3 Å². The fraction of sp³-hybridized carbons (Fsp3) is 0.833. The van der Waals surface area contributed by atoms with Crippen molar-refractivity contribution in [1.29, 1.82) is 0 Å². The molecule has 1 fully saturated rings. The van der Waals surface area contributed by atoms with Crippen molar-refractivity contribution < 1.29 is 4.79 Å². The van der Waals surface area contributed by atoms with Crippen LogP contribution >= 0.6 is 15.9 Å². The van der Waals surface area contributed by atoms with Crippen LogP contribution in [0.2, 0.25) is 0 Å². The van der Waals surface area contributed by atoms with Gasteiger partial charge in [0.25, 0.3) is 0 Å². The van der Waals surface area contributed by atoms with Crippen molar-refractivity contribution in [2.45, 2.75) is 6.42 Å². The van der Waals surface area contributed by atoms with Crippen LogP contribution in [-0.2, 0) is 4.79 Å². The van der Waals surface area contributed by atoms with Crippen molar-refractivity contribution >= 4 is 21.8 Å². The number of amides is 1. The van der Waals surface area contributed by atoms with E-state index >= 15 is 0 Å². The quantitative estimate of drug-likeness (QED) is 0.564. The van der Waals surface area contributed by atoms with Gasteiger partial charge in [0.15, 0.2) is 0 Å². The third-order valence-corrected chi connectivity index (χ3v) is 2.56. The van der Waals surface area contributed by atoms with Gasteiger partial charge in [-0.05, 0) is 5.92 Å². The Balaban J connectivity index is 2.44. The van der Waals surface area contributed by atoms with Crippen LogP contribution in [-0.4, -0.2) is 29.7 Å². The molecule has 1 heterocycles. The van der Waals surface area contributed by atoms with E-state index in [1.165, 1.54) is 0 Å². The van der Waals surface area contributed by atoms with Crippen molar-refractivity contribution in [2.75, 3.05) is 18.9 Å². The number of hydrogen-bond acceptors (Lipinski definition) is 1. The van der Waals surface area contributed by atoms with Crippen molar-refractivity contribution in [1.82, 2.24) is 4.90 Å². The van der Waals surface area contributed by atoms with E-state index in [-0.39, 0.29) is 5.91 Å². The van der Waals surface area contributed by atoms with Gasteiger partial charge in [-0.25, -0.2) is 0 Å². The molecule has 9 heavy (non-hydrogen) atoms. The average Bonchev–Trinajstić information content (AvgIpc) is 2.13.